The molecule has 158 valence electrons. The summed E-state index contributed by atoms with van der Waals surface area (Å²) in [6.07, 6.45) is 4.30. The van der Waals surface area contributed by atoms with Gasteiger partial charge in [-0.2, -0.15) is 0 Å². The van der Waals surface area contributed by atoms with Crippen molar-refractivity contribution >= 4 is 0 Å². The molecule has 2 fully saturated rings. The van der Waals surface area contributed by atoms with Crippen LogP contribution in [0.5, 0.6) is 5.75 Å². The van der Waals surface area contributed by atoms with Crippen molar-refractivity contribution in [3.8, 4) is 17.6 Å². The zero-order valence-electron chi connectivity index (χ0n) is 16.4. The standard InChI is InChI=1S/C23H27F3O3/c1-2-3-4-17-5-10-19(11-6-17)22-16-27-21(15-28-22)14-9-18-7-12-20(13-8-18)29-23(24,25)26/h2,7-8,12-13,17,19,21-22H,1,3-6,10-11,15-16H2/t17-,19-,21-,22?/m0/s1. The van der Waals surface area contributed by atoms with Gasteiger partial charge in [-0.3, -0.25) is 0 Å². The summed E-state index contributed by atoms with van der Waals surface area (Å²) in [5.41, 5.74) is 0.600. The predicted molar refractivity (Wildman–Crippen MR) is 104 cm³/mol. The molecule has 29 heavy (non-hydrogen) atoms. The first-order valence-electron chi connectivity index (χ1n) is 10.1. The summed E-state index contributed by atoms with van der Waals surface area (Å²) in [6.45, 7) is 4.76. The number of allylic oxidation sites excluding steroid dienone is 1. The normalized spacial score (nSPS) is 27.6. The Morgan fingerprint density at radius 2 is 1.79 bits per heavy atom. The van der Waals surface area contributed by atoms with Gasteiger partial charge in [0.25, 0.3) is 0 Å². The molecule has 3 nitrogen and oxygen atoms in total. The molecule has 1 aromatic rings. The number of halogens is 3. The van der Waals surface area contributed by atoms with Gasteiger partial charge in [0.1, 0.15) is 11.9 Å². The first kappa shape index (κ1) is 21.7. The van der Waals surface area contributed by atoms with Crippen molar-refractivity contribution in [3.05, 3.63) is 42.5 Å². The van der Waals surface area contributed by atoms with E-state index in [4.69, 9.17) is 9.47 Å². The fraction of sp³-hybridized carbons (Fsp3) is 0.565. The molecule has 1 aliphatic carbocycles. The van der Waals surface area contributed by atoms with Crippen LogP contribution < -0.4 is 4.74 Å². The van der Waals surface area contributed by atoms with Gasteiger partial charge in [0, 0.05) is 5.56 Å². The zero-order chi connectivity index (χ0) is 20.7. The van der Waals surface area contributed by atoms with E-state index in [0.717, 1.165) is 12.3 Å². The average Bonchev–Trinajstić information content (AvgIpc) is 2.71. The lowest BCUT2D eigenvalue weighted by Gasteiger charge is -2.36. The van der Waals surface area contributed by atoms with Crippen LogP contribution in [0.2, 0.25) is 0 Å². The third kappa shape index (κ3) is 7.09. The maximum atomic E-state index is 12.2. The highest BCUT2D eigenvalue weighted by Crippen LogP contribution is 2.35. The van der Waals surface area contributed by atoms with E-state index < -0.39 is 6.36 Å². The Labute approximate surface area is 170 Å². The monoisotopic (exact) mass is 408 g/mol. The fourth-order valence-electron chi connectivity index (χ4n) is 3.98. The summed E-state index contributed by atoms with van der Waals surface area (Å²) in [4.78, 5) is 0. The van der Waals surface area contributed by atoms with E-state index in [2.05, 4.69) is 23.2 Å². The van der Waals surface area contributed by atoms with Gasteiger partial charge in [-0.05, 0) is 61.8 Å². The lowest BCUT2D eigenvalue weighted by Crippen LogP contribution is -2.40. The Morgan fingerprint density at radius 3 is 2.38 bits per heavy atom. The molecule has 3 rings (SSSR count). The molecular weight excluding hydrogens is 381 g/mol. The average molecular weight is 408 g/mol. The van der Waals surface area contributed by atoms with Crippen molar-refractivity contribution in [2.45, 2.75) is 57.1 Å². The summed E-state index contributed by atoms with van der Waals surface area (Å²) in [7, 11) is 0. The van der Waals surface area contributed by atoms with Crippen molar-refractivity contribution in [3.63, 3.8) is 0 Å². The maximum absolute atomic E-state index is 12.2. The van der Waals surface area contributed by atoms with Crippen LogP contribution in [0.1, 0.15) is 44.1 Å². The van der Waals surface area contributed by atoms with Crippen molar-refractivity contribution in [1.82, 2.24) is 0 Å². The highest BCUT2D eigenvalue weighted by atomic mass is 19.4. The molecule has 0 radical (unpaired) electrons. The molecule has 1 aliphatic heterocycles. The second-order valence-electron chi connectivity index (χ2n) is 7.68. The number of hydrogen-bond donors (Lipinski definition) is 0. The van der Waals surface area contributed by atoms with E-state index in [1.807, 2.05) is 6.08 Å². The number of hydrogen-bond acceptors (Lipinski definition) is 3. The van der Waals surface area contributed by atoms with E-state index >= 15 is 0 Å². The third-order valence-electron chi connectivity index (χ3n) is 5.58. The van der Waals surface area contributed by atoms with Gasteiger partial charge >= 0.3 is 6.36 Å². The highest BCUT2D eigenvalue weighted by molar-refractivity contribution is 5.38. The minimum Gasteiger partial charge on any atom is -0.406 e. The van der Waals surface area contributed by atoms with Crippen LogP contribution in [0.3, 0.4) is 0 Å². The highest BCUT2D eigenvalue weighted by Gasteiger charge is 2.32. The van der Waals surface area contributed by atoms with Crippen LogP contribution in [-0.2, 0) is 9.47 Å². The number of benzene rings is 1. The summed E-state index contributed by atoms with van der Waals surface area (Å²) in [5.74, 6) is 7.00. The van der Waals surface area contributed by atoms with Crippen molar-refractivity contribution in [2.75, 3.05) is 13.2 Å². The van der Waals surface area contributed by atoms with Crippen LogP contribution in [0.15, 0.2) is 36.9 Å². The van der Waals surface area contributed by atoms with Gasteiger partial charge < -0.3 is 14.2 Å². The lowest BCUT2D eigenvalue weighted by atomic mass is 9.77. The topological polar surface area (TPSA) is 27.7 Å². The molecule has 0 N–H and O–H groups in total. The zero-order valence-corrected chi connectivity index (χ0v) is 16.4. The van der Waals surface area contributed by atoms with Crippen LogP contribution >= 0.6 is 0 Å². The summed E-state index contributed by atoms with van der Waals surface area (Å²) < 4.78 is 52.3. The number of rotatable bonds is 5. The quantitative estimate of drug-likeness (QED) is 0.476. The number of alkyl halides is 3. The lowest BCUT2D eigenvalue weighted by molar-refractivity contribution is -0.274. The Kier molecular flexibility index (Phi) is 7.63. The first-order chi connectivity index (χ1) is 13.9. The van der Waals surface area contributed by atoms with Gasteiger partial charge in [-0.15, -0.1) is 19.8 Å². The van der Waals surface area contributed by atoms with Gasteiger partial charge in [-0.1, -0.05) is 30.8 Å². The van der Waals surface area contributed by atoms with Crippen LogP contribution in [0.4, 0.5) is 13.2 Å². The summed E-state index contributed by atoms with van der Waals surface area (Å²) >= 11 is 0. The van der Waals surface area contributed by atoms with E-state index in [1.54, 1.807) is 0 Å². The van der Waals surface area contributed by atoms with Crippen LogP contribution in [0, 0.1) is 23.7 Å². The second-order valence-corrected chi connectivity index (χ2v) is 7.68. The van der Waals surface area contributed by atoms with E-state index in [0.29, 0.717) is 24.7 Å². The molecule has 1 saturated carbocycles. The van der Waals surface area contributed by atoms with Gasteiger partial charge in [-0.25, -0.2) is 0 Å². The second kappa shape index (κ2) is 10.2. The molecule has 2 atom stereocenters. The predicted octanol–water partition coefficient (Wildman–Crippen LogP) is 5.49. The molecule has 1 heterocycles. The maximum Gasteiger partial charge on any atom is 0.573 e. The molecular formula is C23H27F3O3. The van der Waals surface area contributed by atoms with Gasteiger partial charge in [0.2, 0.25) is 0 Å². The Hall–Kier alpha value is -1.97. The number of ether oxygens (including phenoxy) is 3. The van der Waals surface area contributed by atoms with Gasteiger partial charge in [0.05, 0.1) is 19.3 Å². The van der Waals surface area contributed by atoms with Crippen LogP contribution in [0.25, 0.3) is 0 Å². The molecule has 2 aliphatic rings. The largest absolute Gasteiger partial charge is 0.573 e. The van der Waals surface area contributed by atoms with E-state index in [-0.39, 0.29) is 18.0 Å². The molecule has 0 amide bonds. The Morgan fingerprint density at radius 1 is 1.07 bits per heavy atom. The molecule has 0 bridgehead atoms. The van der Waals surface area contributed by atoms with Gasteiger partial charge in [0.15, 0.2) is 0 Å². The smallest absolute Gasteiger partial charge is 0.406 e. The summed E-state index contributed by atoms with van der Waals surface area (Å²) in [6, 6.07) is 5.48. The van der Waals surface area contributed by atoms with E-state index in [9.17, 15) is 13.2 Å². The SMILES string of the molecule is C=CCC[C@H]1CC[C@H](C2CO[C@@H](C#Cc3ccc(OC(F)(F)F)cc3)CO2)CC1. The molecule has 1 unspecified atom stereocenters. The first-order valence-corrected chi connectivity index (χ1v) is 10.1. The van der Waals surface area contributed by atoms with Crippen molar-refractivity contribution in [1.29, 1.82) is 0 Å². The van der Waals surface area contributed by atoms with E-state index in [1.165, 1.54) is 56.4 Å². The van der Waals surface area contributed by atoms with Crippen LogP contribution in [-0.4, -0.2) is 31.8 Å². The minimum absolute atomic E-state index is 0.132. The Bertz CT molecular complexity index is 702. The van der Waals surface area contributed by atoms with Crippen molar-refractivity contribution in [2.24, 2.45) is 11.8 Å². The molecule has 0 spiro atoms. The Balaban J connectivity index is 1.42. The molecule has 6 heteroatoms. The molecule has 1 aromatic carbocycles. The third-order valence-corrected chi connectivity index (χ3v) is 5.58. The molecule has 0 aromatic heterocycles. The minimum atomic E-state index is -4.69. The fourth-order valence-corrected chi connectivity index (χ4v) is 3.98. The van der Waals surface area contributed by atoms with Crippen molar-refractivity contribution < 1.29 is 27.4 Å². The molecule has 1 saturated heterocycles. The summed E-state index contributed by atoms with van der Waals surface area (Å²) in [5, 5.41) is 0.